The van der Waals surface area contributed by atoms with E-state index in [9.17, 15) is 9.50 Å². The van der Waals surface area contributed by atoms with E-state index in [0.717, 1.165) is 0 Å². The molecule has 4 N–H and O–H groups in total. The van der Waals surface area contributed by atoms with E-state index in [2.05, 4.69) is 15.9 Å². The molecule has 0 aliphatic rings. The normalized spacial score (nSPS) is 12.6. The summed E-state index contributed by atoms with van der Waals surface area (Å²) in [6.45, 7) is -0.352. The van der Waals surface area contributed by atoms with Crippen LogP contribution in [-0.4, -0.2) is 23.9 Å². The minimum atomic E-state index is -0.782. The average molecular weight is 280 g/mol. The number of aromatic hydroxyl groups is 1. The summed E-state index contributed by atoms with van der Waals surface area (Å²) >= 11 is 2.97. The Morgan fingerprint density at radius 1 is 1.67 bits per heavy atom. The van der Waals surface area contributed by atoms with E-state index < -0.39 is 11.9 Å². The molecule has 1 atom stereocenters. The first-order valence-corrected chi connectivity index (χ1v) is 4.93. The van der Waals surface area contributed by atoms with Crippen molar-refractivity contribution in [3.8, 4) is 11.5 Å². The molecule has 1 aromatic rings. The molecule has 84 valence electrons. The smallest absolute Gasteiger partial charge is 0.198 e. The standard InChI is InChI=1S/C9H11BrFNO3/c1-15-9-7(11)5(10)2-4(8(9)14)6(12)3-13/h2,6,13-14H,3,12H2,1H3. The molecule has 0 heterocycles. The van der Waals surface area contributed by atoms with Gasteiger partial charge in [0.05, 0.1) is 24.2 Å². The molecular weight excluding hydrogens is 269 g/mol. The quantitative estimate of drug-likeness (QED) is 0.780. The molecule has 1 rings (SSSR count). The largest absolute Gasteiger partial charge is 0.504 e. The number of ether oxygens (including phenoxy) is 1. The molecule has 15 heavy (non-hydrogen) atoms. The third-order valence-corrected chi connectivity index (χ3v) is 2.56. The first-order valence-electron chi connectivity index (χ1n) is 4.14. The third-order valence-electron chi connectivity index (χ3n) is 1.98. The van der Waals surface area contributed by atoms with Gasteiger partial charge in [-0.1, -0.05) is 0 Å². The van der Waals surface area contributed by atoms with E-state index in [1.807, 2.05) is 0 Å². The number of phenols is 1. The van der Waals surface area contributed by atoms with E-state index in [4.69, 9.17) is 15.6 Å². The number of benzene rings is 1. The van der Waals surface area contributed by atoms with Crippen LogP contribution in [0.5, 0.6) is 11.5 Å². The molecular formula is C9H11BrFNO3. The van der Waals surface area contributed by atoms with Crippen molar-refractivity contribution in [2.45, 2.75) is 6.04 Å². The SMILES string of the molecule is COc1c(O)c(C(N)CO)cc(Br)c1F. The first-order chi connectivity index (χ1) is 7.02. The van der Waals surface area contributed by atoms with Crippen molar-refractivity contribution in [3.63, 3.8) is 0 Å². The van der Waals surface area contributed by atoms with Crippen LogP contribution in [0, 0.1) is 5.82 Å². The molecule has 1 aromatic carbocycles. The highest BCUT2D eigenvalue weighted by atomic mass is 79.9. The molecule has 0 saturated carbocycles. The fourth-order valence-electron chi connectivity index (χ4n) is 1.18. The first kappa shape index (κ1) is 12.2. The second-order valence-corrected chi connectivity index (χ2v) is 3.79. The number of hydrogen-bond acceptors (Lipinski definition) is 4. The van der Waals surface area contributed by atoms with Gasteiger partial charge < -0.3 is 20.7 Å². The molecule has 0 fully saturated rings. The lowest BCUT2D eigenvalue weighted by Gasteiger charge is -2.14. The van der Waals surface area contributed by atoms with E-state index in [1.165, 1.54) is 13.2 Å². The number of nitrogens with two attached hydrogens (primary N) is 1. The van der Waals surface area contributed by atoms with E-state index in [0.29, 0.717) is 0 Å². The zero-order valence-electron chi connectivity index (χ0n) is 8.00. The second kappa shape index (κ2) is 4.78. The molecule has 0 aliphatic heterocycles. The van der Waals surface area contributed by atoms with Crippen LogP contribution in [-0.2, 0) is 0 Å². The Morgan fingerprint density at radius 3 is 2.73 bits per heavy atom. The highest BCUT2D eigenvalue weighted by Gasteiger charge is 2.20. The number of methoxy groups -OCH3 is 1. The Labute approximate surface area is 94.6 Å². The fraction of sp³-hybridized carbons (Fsp3) is 0.333. The maximum absolute atomic E-state index is 13.4. The summed E-state index contributed by atoms with van der Waals surface area (Å²) < 4.78 is 18.2. The zero-order valence-corrected chi connectivity index (χ0v) is 9.58. The van der Waals surface area contributed by atoms with Gasteiger partial charge in [-0.3, -0.25) is 0 Å². The third kappa shape index (κ3) is 2.22. The molecule has 1 unspecified atom stereocenters. The van der Waals surface area contributed by atoms with E-state index >= 15 is 0 Å². The van der Waals surface area contributed by atoms with Crippen molar-refractivity contribution in [1.29, 1.82) is 0 Å². The molecule has 4 nitrogen and oxygen atoms in total. The fourth-order valence-corrected chi connectivity index (χ4v) is 1.61. The lowest BCUT2D eigenvalue weighted by Crippen LogP contribution is -2.15. The van der Waals surface area contributed by atoms with Gasteiger partial charge in [0.25, 0.3) is 0 Å². The average Bonchev–Trinajstić information content (AvgIpc) is 2.23. The molecule has 0 aromatic heterocycles. The Morgan fingerprint density at radius 2 is 2.27 bits per heavy atom. The van der Waals surface area contributed by atoms with Crippen LogP contribution in [0.15, 0.2) is 10.5 Å². The van der Waals surface area contributed by atoms with E-state index in [1.54, 1.807) is 0 Å². The Bertz CT molecular complexity index is 373. The summed E-state index contributed by atoms with van der Waals surface area (Å²) in [7, 11) is 1.23. The lowest BCUT2D eigenvalue weighted by molar-refractivity contribution is 0.263. The van der Waals surface area contributed by atoms with Crippen molar-refractivity contribution in [2.24, 2.45) is 5.73 Å². The van der Waals surface area contributed by atoms with Gasteiger partial charge in [0.15, 0.2) is 17.3 Å². The van der Waals surface area contributed by atoms with Crippen molar-refractivity contribution < 1.29 is 19.3 Å². The summed E-state index contributed by atoms with van der Waals surface area (Å²) in [6, 6.07) is 0.532. The minimum absolute atomic E-state index is 0.121. The van der Waals surface area contributed by atoms with Gasteiger partial charge in [0.1, 0.15) is 0 Å². The maximum atomic E-state index is 13.4. The maximum Gasteiger partial charge on any atom is 0.198 e. The topological polar surface area (TPSA) is 75.7 Å². The Hall–Kier alpha value is -0.850. The van der Waals surface area contributed by atoms with E-state index in [-0.39, 0.29) is 28.1 Å². The van der Waals surface area contributed by atoms with Crippen LogP contribution in [0.3, 0.4) is 0 Å². The van der Waals surface area contributed by atoms with Crippen molar-refractivity contribution in [1.82, 2.24) is 0 Å². The highest BCUT2D eigenvalue weighted by Crippen LogP contribution is 2.39. The van der Waals surface area contributed by atoms with Crippen LogP contribution in [0.1, 0.15) is 11.6 Å². The van der Waals surface area contributed by atoms with Gasteiger partial charge in [-0.05, 0) is 22.0 Å². The molecule has 0 amide bonds. The van der Waals surface area contributed by atoms with Crippen LogP contribution in [0.4, 0.5) is 4.39 Å². The molecule has 0 spiro atoms. The molecule has 6 heteroatoms. The number of aliphatic hydroxyl groups excluding tert-OH is 1. The molecule has 0 bridgehead atoms. The second-order valence-electron chi connectivity index (χ2n) is 2.93. The lowest BCUT2D eigenvalue weighted by atomic mass is 10.1. The summed E-state index contributed by atoms with van der Waals surface area (Å²) in [6.07, 6.45) is 0. The van der Waals surface area contributed by atoms with Crippen LogP contribution >= 0.6 is 15.9 Å². The van der Waals surface area contributed by atoms with Crippen LogP contribution in [0.2, 0.25) is 0 Å². The summed E-state index contributed by atoms with van der Waals surface area (Å²) in [5.74, 6) is -1.38. The summed E-state index contributed by atoms with van der Waals surface area (Å²) in [5, 5.41) is 18.5. The van der Waals surface area contributed by atoms with Crippen molar-refractivity contribution in [3.05, 3.63) is 21.9 Å². The van der Waals surface area contributed by atoms with Gasteiger partial charge in [-0.2, -0.15) is 0 Å². The minimum Gasteiger partial charge on any atom is -0.504 e. The highest BCUT2D eigenvalue weighted by molar-refractivity contribution is 9.10. The number of rotatable bonds is 3. The van der Waals surface area contributed by atoms with Gasteiger partial charge in [-0.15, -0.1) is 0 Å². The molecule has 0 radical (unpaired) electrons. The monoisotopic (exact) mass is 279 g/mol. The summed E-state index contributed by atoms with van der Waals surface area (Å²) in [4.78, 5) is 0. The number of aliphatic hydroxyl groups is 1. The molecule has 0 saturated heterocycles. The van der Waals surface area contributed by atoms with Gasteiger partial charge in [-0.25, -0.2) is 4.39 Å². The number of hydrogen-bond donors (Lipinski definition) is 3. The predicted octanol–water partition coefficient (Wildman–Crippen LogP) is 1.29. The Kier molecular flexibility index (Phi) is 3.90. The van der Waals surface area contributed by atoms with Crippen molar-refractivity contribution >= 4 is 15.9 Å². The Balaban J connectivity index is 3.36. The van der Waals surface area contributed by atoms with Gasteiger partial charge in [0.2, 0.25) is 0 Å². The van der Waals surface area contributed by atoms with Crippen molar-refractivity contribution in [2.75, 3.05) is 13.7 Å². The molecule has 0 aliphatic carbocycles. The zero-order chi connectivity index (χ0) is 11.6. The number of halogens is 2. The van der Waals surface area contributed by atoms with Crippen LogP contribution < -0.4 is 10.5 Å². The van der Waals surface area contributed by atoms with Crippen LogP contribution in [0.25, 0.3) is 0 Å². The number of phenolic OH excluding ortho intramolecular Hbond substituents is 1. The predicted molar refractivity (Wildman–Crippen MR) is 56.3 cm³/mol. The van der Waals surface area contributed by atoms with Gasteiger partial charge >= 0.3 is 0 Å². The summed E-state index contributed by atoms with van der Waals surface area (Å²) in [5.41, 5.74) is 5.75. The van der Waals surface area contributed by atoms with Gasteiger partial charge in [0, 0.05) is 5.56 Å².